The highest BCUT2D eigenvalue weighted by atomic mass is 16.2. The van der Waals surface area contributed by atoms with Crippen LogP contribution in [-0.4, -0.2) is 46.6 Å². The highest BCUT2D eigenvalue weighted by Gasteiger charge is 2.18. The Hall–Kier alpha value is -2.21. The van der Waals surface area contributed by atoms with Crippen LogP contribution < -0.4 is 5.32 Å². The molecule has 6 heteroatoms. The Morgan fingerprint density at radius 3 is 2.60 bits per heavy atom. The molecular weight excluding hydrogens is 254 g/mol. The summed E-state index contributed by atoms with van der Waals surface area (Å²) in [6.07, 6.45) is 0. The Morgan fingerprint density at radius 2 is 2.05 bits per heavy atom. The quantitative estimate of drug-likeness (QED) is 0.857. The van der Waals surface area contributed by atoms with E-state index in [1.807, 2.05) is 49.3 Å². The van der Waals surface area contributed by atoms with Crippen molar-refractivity contribution in [3.05, 3.63) is 47.5 Å². The van der Waals surface area contributed by atoms with Gasteiger partial charge in [-0.1, -0.05) is 30.3 Å². The average molecular weight is 273 g/mol. The molecule has 1 aromatic heterocycles. The van der Waals surface area contributed by atoms with Gasteiger partial charge in [-0.2, -0.15) is 0 Å². The van der Waals surface area contributed by atoms with Gasteiger partial charge in [0.05, 0.1) is 6.04 Å². The number of rotatable bonds is 5. The highest BCUT2D eigenvalue weighted by molar-refractivity contribution is 5.90. The zero-order chi connectivity index (χ0) is 14.5. The summed E-state index contributed by atoms with van der Waals surface area (Å²) < 4.78 is 0. The van der Waals surface area contributed by atoms with E-state index in [2.05, 4.69) is 20.5 Å². The number of carbonyl (C=O) groups excluding carboxylic acids is 1. The minimum atomic E-state index is -0.273. The summed E-state index contributed by atoms with van der Waals surface area (Å²) >= 11 is 0. The molecule has 20 heavy (non-hydrogen) atoms. The monoisotopic (exact) mass is 273 g/mol. The van der Waals surface area contributed by atoms with Crippen LogP contribution in [0, 0.1) is 6.92 Å². The molecular formula is C14H19N5O. The molecule has 0 aliphatic carbocycles. The summed E-state index contributed by atoms with van der Waals surface area (Å²) in [6, 6.07) is 9.77. The van der Waals surface area contributed by atoms with Gasteiger partial charge in [-0.15, -0.1) is 5.10 Å². The van der Waals surface area contributed by atoms with Crippen molar-refractivity contribution < 1.29 is 4.79 Å². The second-order valence-corrected chi connectivity index (χ2v) is 4.94. The maximum absolute atomic E-state index is 12.1. The largest absolute Gasteiger partial charge is 0.341 e. The molecule has 0 spiro atoms. The van der Waals surface area contributed by atoms with E-state index >= 15 is 0 Å². The molecule has 1 aromatic carbocycles. The Kier molecular flexibility index (Phi) is 4.47. The van der Waals surface area contributed by atoms with E-state index in [0.29, 0.717) is 12.4 Å². The third kappa shape index (κ3) is 3.64. The second-order valence-electron chi connectivity index (χ2n) is 4.94. The van der Waals surface area contributed by atoms with Crippen LogP contribution in [-0.2, 0) is 0 Å². The molecule has 0 aliphatic heterocycles. The van der Waals surface area contributed by atoms with Crippen molar-refractivity contribution in [2.75, 3.05) is 20.6 Å². The number of aromatic nitrogens is 3. The first-order chi connectivity index (χ1) is 9.56. The molecule has 0 aliphatic rings. The fourth-order valence-corrected chi connectivity index (χ4v) is 1.95. The van der Waals surface area contributed by atoms with E-state index < -0.39 is 0 Å². The molecule has 0 saturated carbocycles. The standard InChI is InChI=1S/C14H19N5O/c1-10-15-13(18-17-10)14(20)16-12(9-19(2)3)11-7-5-4-6-8-11/h4-8,12H,9H2,1-3H3,(H,16,20)(H,15,17,18). The second kappa shape index (κ2) is 6.29. The van der Waals surface area contributed by atoms with E-state index in [-0.39, 0.29) is 17.8 Å². The third-order valence-electron chi connectivity index (χ3n) is 2.86. The van der Waals surface area contributed by atoms with Gasteiger partial charge in [0.1, 0.15) is 5.82 Å². The molecule has 1 heterocycles. The molecule has 1 unspecified atom stereocenters. The van der Waals surface area contributed by atoms with Gasteiger partial charge in [-0.05, 0) is 26.6 Å². The Bertz CT molecular complexity index is 564. The predicted molar refractivity (Wildman–Crippen MR) is 76.3 cm³/mol. The summed E-state index contributed by atoms with van der Waals surface area (Å²) in [4.78, 5) is 18.2. The first kappa shape index (κ1) is 14.2. The normalized spacial score (nSPS) is 12.4. The van der Waals surface area contributed by atoms with Crippen LogP contribution in [0.4, 0.5) is 0 Å². The van der Waals surface area contributed by atoms with Crippen LogP contribution in [0.3, 0.4) is 0 Å². The van der Waals surface area contributed by atoms with E-state index in [1.165, 1.54) is 0 Å². The average Bonchev–Trinajstić information content (AvgIpc) is 2.85. The number of aromatic amines is 1. The minimum Gasteiger partial charge on any atom is -0.341 e. The SMILES string of the molecule is Cc1nc(C(=O)NC(CN(C)C)c2ccccc2)n[nH]1. The number of aryl methyl sites for hydroxylation is 1. The van der Waals surface area contributed by atoms with Crippen molar-refractivity contribution in [2.24, 2.45) is 0 Å². The highest BCUT2D eigenvalue weighted by Crippen LogP contribution is 2.13. The molecule has 2 aromatic rings. The molecule has 0 radical (unpaired) electrons. The maximum atomic E-state index is 12.1. The van der Waals surface area contributed by atoms with Crippen LogP contribution >= 0.6 is 0 Å². The fourth-order valence-electron chi connectivity index (χ4n) is 1.95. The van der Waals surface area contributed by atoms with Crippen molar-refractivity contribution in [2.45, 2.75) is 13.0 Å². The first-order valence-electron chi connectivity index (χ1n) is 6.46. The number of benzene rings is 1. The number of nitrogens with zero attached hydrogens (tertiary/aromatic N) is 3. The summed E-state index contributed by atoms with van der Waals surface area (Å²) in [6.45, 7) is 2.47. The van der Waals surface area contributed by atoms with E-state index in [0.717, 1.165) is 5.56 Å². The van der Waals surface area contributed by atoms with Gasteiger partial charge >= 0.3 is 0 Å². The van der Waals surface area contributed by atoms with E-state index in [1.54, 1.807) is 6.92 Å². The van der Waals surface area contributed by atoms with Gasteiger partial charge in [0.25, 0.3) is 5.91 Å². The molecule has 2 N–H and O–H groups in total. The predicted octanol–water partition coefficient (Wildman–Crippen LogP) is 1.15. The lowest BCUT2D eigenvalue weighted by Crippen LogP contribution is -2.35. The first-order valence-corrected chi connectivity index (χ1v) is 6.46. The topological polar surface area (TPSA) is 73.9 Å². The number of H-pyrrole nitrogens is 1. The number of amides is 1. The Morgan fingerprint density at radius 1 is 1.35 bits per heavy atom. The number of hydrogen-bond acceptors (Lipinski definition) is 4. The summed E-state index contributed by atoms with van der Waals surface area (Å²) in [7, 11) is 3.94. The zero-order valence-corrected chi connectivity index (χ0v) is 11.9. The Labute approximate surface area is 118 Å². The fraction of sp³-hybridized carbons (Fsp3) is 0.357. The van der Waals surface area contributed by atoms with E-state index in [9.17, 15) is 4.79 Å². The molecule has 0 bridgehead atoms. The maximum Gasteiger partial charge on any atom is 0.291 e. The van der Waals surface area contributed by atoms with Gasteiger partial charge < -0.3 is 10.2 Å². The number of nitrogens with one attached hydrogen (secondary N) is 2. The van der Waals surface area contributed by atoms with Gasteiger partial charge in [-0.3, -0.25) is 9.89 Å². The molecule has 0 fully saturated rings. The van der Waals surface area contributed by atoms with Gasteiger partial charge in [0.15, 0.2) is 0 Å². The van der Waals surface area contributed by atoms with Crippen LogP contribution in [0.15, 0.2) is 30.3 Å². The van der Waals surface area contributed by atoms with Gasteiger partial charge in [0, 0.05) is 6.54 Å². The third-order valence-corrected chi connectivity index (χ3v) is 2.86. The van der Waals surface area contributed by atoms with Crippen LogP contribution in [0.25, 0.3) is 0 Å². The number of likely N-dealkylation sites (N-methyl/N-ethyl adjacent to an activating group) is 1. The molecule has 106 valence electrons. The smallest absolute Gasteiger partial charge is 0.291 e. The van der Waals surface area contributed by atoms with Crippen molar-refractivity contribution in [3.8, 4) is 0 Å². The van der Waals surface area contributed by atoms with Crippen molar-refractivity contribution in [1.82, 2.24) is 25.4 Å². The summed E-state index contributed by atoms with van der Waals surface area (Å²) in [5, 5.41) is 9.52. The van der Waals surface area contributed by atoms with Crippen LogP contribution in [0.1, 0.15) is 28.0 Å². The van der Waals surface area contributed by atoms with E-state index in [4.69, 9.17) is 0 Å². The van der Waals surface area contributed by atoms with Gasteiger partial charge in [0.2, 0.25) is 5.82 Å². The van der Waals surface area contributed by atoms with Gasteiger partial charge in [-0.25, -0.2) is 4.98 Å². The van der Waals surface area contributed by atoms with Crippen molar-refractivity contribution in [1.29, 1.82) is 0 Å². The molecule has 1 amide bonds. The summed E-state index contributed by atoms with van der Waals surface area (Å²) in [5.41, 5.74) is 1.06. The number of hydrogen-bond donors (Lipinski definition) is 2. The molecule has 1 atom stereocenters. The molecule has 2 rings (SSSR count). The van der Waals surface area contributed by atoms with Crippen molar-refractivity contribution in [3.63, 3.8) is 0 Å². The lowest BCUT2D eigenvalue weighted by atomic mass is 10.1. The molecule has 0 saturated heterocycles. The van der Waals surface area contributed by atoms with Crippen LogP contribution in [0.2, 0.25) is 0 Å². The molecule has 6 nitrogen and oxygen atoms in total. The summed E-state index contributed by atoms with van der Waals surface area (Å²) in [5.74, 6) is 0.520. The van der Waals surface area contributed by atoms with Crippen LogP contribution in [0.5, 0.6) is 0 Å². The lowest BCUT2D eigenvalue weighted by molar-refractivity contribution is 0.0919. The minimum absolute atomic E-state index is 0.0995. The zero-order valence-electron chi connectivity index (χ0n) is 11.9. The Balaban J connectivity index is 2.14. The van der Waals surface area contributed by atoms with Crippen molar-refractivity contribution >= 4 is 5.91 Å². The lowest BCUT2D eigenvalue weighted by Gasteiger charge is -2.22. The number of carbonyl (C=O) groups is 1.